The molecular formula is C21H31Cl2N5O2. The van der Waals surface area contributed by atoms with E-state index in [1.165, 1.54) is 4.90 Å². The Hall–Kier alpha value is -2.09. The number of carbonyl (C=O) groups excluding carboxylic acids is 1. The van der Waals surface area contributed by atoms with E-state index in [4.69, 9.17) is 4.74 Å². The van der Waals surface area contributed by atoms with Crippen molar-refractivity contribution in [3.05, 3.63) is 36.4 Å². The van der Waals surface area contributed by atoms with Crippen LogP contribution in [0.5, 0.6) is 5.75 Å². The van der Waals surface area contributed by atoms with Crippen LogP contribution in [0.25, 0.3) is 11.3 Å². The van der Waals surface area contributed by atoms with E-state index in [-0.39, 0.29) is 37.3 Å². The number of carbonyl (C=O) groups is 1. The summed E-state index contributed by atoms with van der Waals surface area (Å²) in [5.41, 5.74) is 1.79. The van der Waals surface area contributed by atoms with Crippen molar-refractivity contribution in [1.82, 2.24) is 20.0 Å². The second-order valence-corrected chi connectivity index (χ2v) is 7.49. The molecule has 1 fully saturated rings. The Bertz CT molecular complexity index is 777. The average molecular weight is 456 g/mol. The number of hydrogen-bond acceptors (Lipinski definition) is 6. The molecule has 0 radical (unpaired) electrons. The van der Waals surface area contributed by atoms with Gasteiger partial charge in [-0.15, -0.1) is 35.0 Å². The Labute approximate surface area is 191 Å². The molecule has 9 heteroatoms. The van der Waals surface area contributed by atoms with E-state index >= 15 is 0 Å². The van der Waals surface area contributed by atoms with Gasteiger partial charge in [-0.2, -0.15) is 0 Å². The largest absolute Gasteiger partial charge is 0.484 e. The van der Waals surface area contributed by atoms with E-state index in [0.29, 0.717) is 11.8 Å². The van der Waals surface area contributed by atoms with Crippen LogP contribution in [0.4, 0.5) is 5.82 Å². The molecule has 0 atom stereocenters. The van der Waals surface area contributed by atoms with Crippen LogP contribution in [-0.4, -0.2) is 78.8 Å². The van der Waals surface area contributed by atoms with Crippen molar-refractivity contribution in [2.45, 2.75) is 19.9 Å². The molecule has 1 aliphatic rings. The molecular weight excluding hydrogens is 425 g/mol. The minimum Gasteiger partial charge on any atom is -0.484 e. The number of anilines is 1. The zero-order chi connectivity index (χ0) is 20.1. The van der Waals surface area contributed by atoms with Crippen molar-refractivity contribution < 1.29 is 9.53 Å². The van der Waals surface area contributed by atoms with Gasteiger partial charge >= 0.3 is 0 Å². The number of nitrogens with zero attached hydrogens (tertiary/aromatic N) is 5. The van der Waals surface area contributed by atoms with Gasteiger partial charge in [0, 0.05) is 51.9 Å². The van der Waals surface area contributed by atoms with Crippen LogP contribution >= 0.6 is 24.8 Å². The SMILES string of the molecule is CC(C)N1CCN(c2ccc(-c3ccc(OCC(=O)N(C)C)cc3)nn2)CC1.Cl.Cl. The molecule has 0 saturated carbocycles. The van der Waals surface area contributed by atoms with E-state index in [2.05, 4.69) is 33.8 Å². The molecule has 1 aromatic heterocycles. The van der Waals surface area contributed by atoms with E-state index in [0.717, 1.165) is 43.3 Å². The Morgan fingerprint density at radius 3 is 2.13 bits per heavy atom. The van der Waals surface area contributed by atoms with E-state index in [1.807, 2.05) is 36.4 Å². The fourth-order valence-corrected chi connectivity index (χ4v) is 3.11. The van der Waals surface area contributed by atoms with Crippen LogP contribution in [0.1, 0.15) is 13.8 Å². The Kier molecular flexibility index (Phi) is 10.3. The minimum atomic E-state index is -0.0697. The topological polar surface area (TPSA) is 61.8 Å². The van der Waals surface area contributed by atoms with Crippen LogP contribution in [-0.2, 0) is 4.79 Å². The van der Waals surface area contributed by atoms with Gasteiger partial charge in [0.2, 0.25) is 0 Å². The number of ether oxygens (including phenoxy) is 1. The first-order valence-electron chi connectivity index (χ1n) is 9.70. The molecule has 166 valence electrons. The standard InChI is InChI=1S/C21H29N5O2.2ClH/c1-16(2)25-11-13-26(14-12-25)20-10-9-19(22-23-20)17-5-7-18(8-6-17)28-15-21(27)24(3)4;;/h5-10,16H,11-15H2,1-4H3;2*1H. The second kappa shape index (κ2) is 11.9. The molecule has 0 aliphatic carbocycles. The van der Waals surface area contributed by atoms with E-state index in [1.54, 1.807) is 14.1 Å². The van der Waals surface area contributed by atoms with Gasteiger partial charge in [0.1, 0.15) is 5.75 Å². The number of piperazine rings is 1. The lowest BCUT2D eigenvalue weighted by Gasteiger charge is -2.37. The van der Waals surface area contributed by atoms with Gasteiger partial charge in [0.15, 0.2) is 12.4 Å². The first-order valence-corrected chi connectivity index (χ1v) is 9.70. The van der Waals surface area contributed by atoms with Gasteiger partial charge in [-0.05, 0) is 50.2 Å². The zero-order valence-electron chi connectivity index (χ0n) is 17.9. The molecule has 0 spiro atoms. The quantitative estimate of drug-likeness (QED) is 0.666. The maximum absolute atomic E-state index is 11.6. The highest BCUT2D eigenvalue weighted by molar-refractivity contribution is 5.85. The number of hydrogen-bond donors (Lipinski definition) is 0. The van der Waals surface area contributed by atoms with Crippen molar-refractivity contribution in [2.24, 2.45) is 0 Å². The summed E-state index contributed by atoms with van der Waals surface area (Å²) in [5.74, 6) is 1.51. The third-order valence-electron chi connectivity index (χ3n) is 5.03. The van der Waals surface area contributed by atoms with Gasteiger partial charge in [0.25, 0.3) is 5.91 Å². The van der Waals surface area contributed by atoms with E-state index in [9.17, 15) is 4.79 Å². The molecule has 0 N–H and O–H groups in total. The van der Waals surface area contributed by atoms with Gasteiger partial charge in [0.05, 0.1) is 5.69 Å². The Balaban J connectivity index is 0.00000225. The van der Waals surface area contributed by atoms with Crippen LogP contribution in [0.15, 0.2) is 36.4 Å². The summed E-state index contributed by atoms with van der Waals surface area (Å²) in [6, 6.07) is 12.2. The summed E-state index contributed by atoms with van der Waals surface area (Å²) in [4.78, 5) is 17.9. The summed E-state index contributed by atoms with van der Waals surface area (Å²) < 4.78 is 5.51. The van der Waals surface area contributed by atoms with Crippen molar-refractivity contribution >= 4 is 36.5 Å². The molecule has 30 heavy (non-hydrogen) atoms. The highest BCUT2D eigenvalue weighted by Crippen LogP contribution is 2.22. The molecule has 1 saturated heterocycles. The fourth-order valence-electron chi connectivity index (χ4n) is 3.11. The third kappa shape index (κ3) is 6.72. The monoisotopic (exact) mass is 455 g/mol. The van der Waals surface area contributed by atoms with Crippen molar-refractivity contribution in [3.8, 4) is 17.0 Å². The normalized spacial score (nSPS) is 14.0. The lowest BCUT2D eigenvalue weighted by atomic mass is 10.1. The number of amides is 1. The highest BCUT2D eigenvalue weighted by Gasteiger charge is 2.20. The second-order valence-electron chi connectivity index (χ2n) is 7.49. The van der Waals surface area contributed by atoms with Crippen molar-refractivity contribution in [1.29, 1.82) is 0 Å². The average Bonchev–Trinajstić information content (AvgIpc) is 2.72. The van der Waals surface area contributed by atoms with Gasteiger partial charge in [-0.3, -0.25) is 9.69 Å². The third-order valence-corrected chi connectivity index (χ3v) is 5.03. The molecule has 1 amide bonds. The highest BCUT2D eigenvalue weighted by atomic mass is 35.5. The van der Waals surface area contributed by atoms with Crippen LogP contribution in [0, 0.1) is 0 Å². The van der Waals surface area contributed by atoms with Gasteiger partial charge < -0.3 is 14.5 Å². The fraction of sp³-hybridized carbons (Fsp3) is 0.476. The maximum atomic E-state index is 11.6. The molecule has 2 heterocycles. The Morgan fingerprint density at radius 2 is 1.63 bits per heavy atom. The maximum Gasteiger partial charge on any atom is 0.259 e. The lowest BCUT2D eigenvalue weighted by molar-refractivity contribution is -0.130. The van der Waals surface area contributed by atoms with E-state index < -0.39 is 0 Å². The molecule has 3 rings (SSSR count). The lowest BCUT2D eigenvalue weighted by Crippen LogP contribution is -2.49. The zero-order valence-corrected chi connectivity index (χ0v) is 19.6. The van der Waals surface area contributed by atoms with Gasteiger partial charge in [-0.1, -0.05) is 0 Å². The predicted molar refractivity (Wildman–Crippen MR) is 125 cm³/mol. The summed E-state index contributed by atoms with van der Waals surface area (Å²) in [6.07, 6.45) is 0. The number of likely N-dealkylation sites (N-methyl/N-ethyl adjacent to an activating group) is 1. The number of benzene rings is 1. The summed E-state index contributed by atoms with van der Waals surface area (Å²) in [7, 11) is 3.42. The van der Waals surface area contributed by atoms with Crippen LogP contribution in [0.2, 0.25) is 0 Å². The van der Waals surface area contributed by atoms with Crippen molar-refractivity contribution in [3.63, 3.8) is 0 Å². The number of rotatable bonds is 6. The first kappa shape index (κ1) is 25.9. The predicted octanol–water partition coefficient (Wildman–Crippen LogP) is 2.98. The molecule has 0 bridgehead atoms. The minimum absolute atomic E-state index is 0. The molecule has 2 aromatic rings. The van der Waals surface area contributed by atoms with Crippen molar-refractivity contribution in [2.75, 3.05) is 51.8 Å². The van der Waals surface area contributed by atoms with Gasteiger partial charge in [-0.25, -0.2) is 0 Å². The Morgan fingerprint density at radius 1 is 1.00 bits per heavy atom. The molecule has 0 unspecified atom stereocenters. The molecule has 7 nitrogen and oxygen atoms in total. The smallest absolute Gasteiger partial charge is 0.259 e. The number of aromatic nitrogens is 2. The molecule has 1 aliphatic heterocycles. The summed E-state index contributed by atoms with van der Waals surface area (Å²) in [5, 5.41) is 8.82. The van der Waals surface area contributed by atoms with Crippen LogP contribution < -0.4 is 9.64 Å². The molecule has 1 aromatic carbocycles. The van der Waals surface area contributed by atoms with Crippen LogP contribution in [0.3, 0.4) is 0 Å². The number of halogens is 2. The summed E-state index contributed by atoms with van der Waals surface area (Å²) >= 11 is 0. The first-order chi connectivity index (χ1) is 13.4. The summed E-state index contributed by atoms with van der Waals surface area (Å²) in [6.45, 7) is 8.57.